The van der Waals surface area contributed by atoms with Crippen molar-refractivity contribution in [3.8, 4) is 11.5 Å². The van der Waals surface area contributed by atoms with E-state index in [9.17, 15) is 9.59 Å². The average molecular weight is 433 g/mol. The maximum absolute atomic E-state index is 12.4. The van der Waals surface area contributed by atoms with E-state index in [0.29, 0.717) is 34.9 Å². The van der Waals surface area contributed by atoms with E-state index >= 15 is 0 Å². The number of ether oxygens (including phenoxy) is 2. The first-order valence-corrected chi connectivity index (χ1v) is 9.93. The Balaban J connectivity index is 1.28. The molecule has 3 aromatic carbocycles. The van der Waals surface area contributed by atoms with Crippen LogP contribution in [0.1, 0.15) is 15.9 Å². The van der Waals surface area contributed by atoms with Crippen molar-refractivity contribution in [2.45, 2.75) is 6.42 Å². The topological polar surface area (TPSA) is 88.7 Å². The summed E-state index contributed by atoms with van der Waals surface area (Å²) in [5.41, 5.74) is 2.70. The molecule has 0 unspecified atom stereocenters. The molecular formula is C23H19N3O4S. The number of thiocarbonyl (C=S) groups is 1. The molecule has 8 heteroatoms. The van der Waals surface area contributed by atoms with Crippen molar-refractivity contribution < 1.29 is 19.1 Å². The summed E-state index contributed by atoms with van der Waals surface area (Å²) in [6.45, 7) is 0.142. The molecule has 0 aromatic heterocycles. The summed E-state index contributed by atoms with van der Waals surface area (Å²) >= 11 is 5.22. The highest BCUT2D eigenvalue weighted by atomic mass is 32.1. The van der Waals surface area contributed by atoms with Crippen LogP contribution < -0.4 is 25.4 Å². The van der Waals surface area contributed by atoms with Crippen molar-refractivity contribution in [1.29, 1.82) is 0 Å². The maximum Gasteiger partial charge on any atom is 0.257 e. The maximum atomic E-state index is 12.4. The van der Waals surface area contributed by atoms with E-state index in [-0.39, 0.29) is 23.7 Å². The molecule has 7 nitrogen and oxygen atoms in total. The number of anilines is 2. The summed E-state index contributed by atoms with van der Waals surface area (Å²) in [4.78, 5) is 24.5. The van der Waals surface area contributed by atoms with E-state index in [1.165, 1.54) is 0 Å². The van der Waals surface area contributed by atoms with Gasteiger partial charge in [0.15, 0.2) is 16.6 Å². The highest BCUT2D eigenvalue weighted by molar-refractivity contribution is 7.80. The Hall–Kier alpha value is -3.91. The van der Waals surface area contributed by atoms with Crippen molar-refractivity contribution in [3.63, 3.8) is 0 Å². The fourth-order valence-corrected chi connectivity index (χ4v) is 3.21. The van der Waals surface area contributed by atoms with Crippen LogP contribution in [0, 0.1) is 0 Å². The summed E-state index contributed by atoms with van der Waals surface area (Å²) in [6, 6.07) is 21.5. The standard InChI is InChI=1S/C23H19N3O4S/c27-21(12-15-4-2-1-3-5-15)24-17-7-9-18(10-8-17)25-23(31)26-22(28)16-6-11-19-20(13-16)30-14-29-19/h1-11,13H,12,14H2,(H,24,27)(H2,25,26,28,31). The molecule has 0 saturated carbocycles. The van der Waals surface area contributed by atoms with Crippen molar-refractivity contribution in [2.24, 2.45) is 0 Å². The predicted molar refractivity (Wildman–Crippen MR) is 121 cm³/mol. The molecular weight excluding hydrogens is 414 g/mol. The van der Waals surface area contributed by atoms with Gasteiger partial charge in [-0.3, -0.25) is 14.9 Å². The van der Waals surface area contributed by atoms with E-state index in [4.69, 9.17) is 21.7 Å². The van der Waals surface area contributed by atoms with Gasteiger partial charge in [0.05, 0.1) is 6.42 Å². The molecule has 31 heavy (non-hydrogen) atoms. The highest BCUT2D eigenvalue weighted by Gasteiger charge is 2.16. The molecule has 0 saturated heterocycles. The van der Waals surface area contributed by atoms with Crippen LogP contribution in [0.25, 0.3) is 0 Å². The monoisotopic (exact) mass is 433 g/mol. The lowest BCUT2D eigenvalue weighted by atomic mass is 10.1. The second-order valence-electron chi connectivity index (χ2n) is 6.76. The molecule has 156 valence electrons. The Morgan fingerprint density at radius 3 is 2.26 bits per heavy atom. The lowest BCUT2D eigenvalue weighted by molar-refractivity contribution is -0.115. The van der Waals surface area contributed by atoms with Crippen LogP contribution in [0.3, 0.4) is 0 Å². The van der Waals surface area contributed by atoms with Crippen LogP contribution in [0.4, 0.5) is 11.4 Å². The van der Waals surface area contributed by atoms with Crippen molar-refractivity contribution in [2.75, 3.05) is 17.4 Å². The van der Waals surface area contributed by atoms with E-state index in [1.807, 2.05) is 30.3 Å². The molecule has 3 aromatic rings. The lowest BCUT2D eigenvalue weighted by Crippen LogP contribution is -2.34. The first kappa shape index (κ1) is 20.4. The third-order valence-electron chi connectivity index (χ3n) is 4.50. The lowest BCUT2D eigenvalue weighted by Gasteiger charge is -2.11. The molecule has 1 heterocycles. The van der Waals surface area contributed by atoms with Crippen LogP contribution in [-0.4, -0.2) is 23.7 Å². The molecule has 0 fully saturated rings. The summed E-state index contributed by atoms with van der Waals surface area (Å²) in [5, 5.41) is 8.58. The van der Waals surface area contributed by atoms with Gasteiger partial charge >= 0.3 is 0 Å². The van der Waals surface area contributed by atoms with E-state index < -0.39 is 0 Å². The van der Waals surface area contributed by atoms with E-state index in [0.717, 1.165) is 5.56 Å². The Labute approximate surface area is 184 Å². The first-order chi connectivity index (χ1) is 15.1. The zero-order chi connectivity index (χ0) is 21.6. The van der Waals surface area contributed by atoms with Gasteiger partial charge in [-0.2, -0.15) is 0 Å². The van der Waals surface area contributed by atoms with Crippen LogP contribution in [0.15, 0.2) is 72.8 Å². The van der Waals surface area contributed by atoms with Crippen molar-refractivity contribution in [1.82, 2.24) is 5.32 Å². The summed E-state index contributed by atoms with van der Waals surface area (Å²) in [5.74, 6) is 0.670. The molecule has 0 spiro atoms. The molecule has 0 radical (unpaired) electrons. The largest absolute Gasteiger partial charge is 0.454 e. The van der Waals surface area contributed by atoms with E-state index in [2.05, 4.69) is 16.0 Å². The molecule has 0 atom stereocenters. The highest BCUT2D eigenvalue weighted by Crippen LogP contribution is 2.32. The van der Waals surface area contributed by atoms with Gasteiger partial charge in [-0.25, -0.2) is 0 Å². The number of nitrogens with one attached hydrogen (secondary N) is 3. The van der Waals surface area contributed by atoms with Crippen LogP contribution in [-0.2, 0) is 11.2 Å². The second-order valence-corrected chi connectivity index (χ2v) is 7.17. The average Bonchev–Trinajstić information content (AvgIpc) is 3.23. The third kappa shape index (κ3) is 5.37. The summed E-state index contributed by atoms with van der Waals surface area (Å²) < 4.78 is 10.5. The molecule has 4 rings (SSSR count). The number of carbonyl (C=O) groups excluding carboxylic acids is 2. The normalized spacial score (nSPS) is 11.5. The van der Waals surface area contributed by atoms with Crippen molar-refractivity contribution >= 4 is 40.5 Å². The van der Waals surface area contributed by atoms with Crippen LogP contribution >= 0.6 is 12.2 Å². The number of benzene rings is 3. The second kappa shape index (κ2) is 9.27. The fraction of sp³-hybridized carbons (Fsp3) is 0.0870. The predicted octanol–water partition coefficient (Wildman–Crippen LogP) is 3.72. The van der Waals surface area contributed by atoms with Gasteiger partial charge in [0.25, 0.3) is 5.91 Å². The van der Waals surface area contributed by atoms with E-state index in [1.54, 1.807) is 42.5 Å². The van der Waals surface area contributed by atoms with Gasteiger partial charge in [-0.15, -0.1) is 0 Å². The molecule has 1 aliphatic heterocycles. The zero-order valence-corrected chi connectivity index (χ0v) is 17.2. The molecule has 0 aliphatic carbocycles. The molecule has 2 amide bonds. The SMILES string of the molecule is O=C(Cc1ccccc1)Nc1ccc(NC(=S)NC(=O)c2ccc3c(c2)OCO3)cc1. The number of carbonyl (C=O) groups is 2. The Morgan fingerprint density at radius 1 is 0.839 bits per heavy atom. The minimum atomic E-state index is -0.361. The minimum absolute atomic E-state index is 0.0987. The van der Waals surface area contributed by atoms with Crippen molar-refractivity contribution in [3.05, 3.63) is 83.9 Å². The first-order valence-electron chi connectivity index (χ1n) is 9.53. The molecule has 1 aliphatic rings. The smallest absolute Gasteiger partial charge is 0.257 e. The van der Waals surface area contributed by atoms with Gasteiger partial charge < -0.3 is 20.1 Å². The Kier molecular flexibility index (Phi) is 6.09. The van der Waals surface area contributed by atoms with Gasteiger partial charge in [-0.05, 0) is 60.2 Å². The third-order valence-corrected chi connectivity index (χ3v) is 4.70. The van der Waals surface area contributed by atoms with Crippen LogP contribution in [0.2, 0.25) is 0 Å². The summed E-state index contributed by atoms with van der Waals surface area (Å²) in [6.07, 6.45) is 0.302. The number of rotatable bonds is 5. The molecule has 3 N–H and O–H groups in total. The Bertz CT molecular complexity index is 1120. The summed E-state index contributed by atoms with van der Waals surface area (Å²) in [7, 11) is 0. The number of amides is 2. The number of hydrogen-bond donors (Lipinski definition) is 3. The number of fused-ring (bicyclic) bond motifs is 1. The number of hydrogen-bond acceptors (Lipinski definition) is 5. The zero-order valence-electron chi connectivity index (χ0n) is 16.4. The van der Waals surface area contributed by atoms with Crippen LogP contribution in [0.5, 0.6) is 11.5 Å². The fourth-order valence-electron chi connectivity index (χ4n) is 3.00. The van der Waals surface area contributed by atoms with Gasteiger partial charge in [0.1, 0.15) is 0 Å². The quantitative estimate of drug-likeness (QED) is 0.532. The van der Waals surface area contributed by atoms with Gasteiger partial charge in [0.2, 0.25) is 12.7 Å². The van der Waals surface area contributed by atoms with Gasteiger partial charge in [-0.1, -0.05) is 30.3 Å². The van der Waals surface area contributed by atoms with Gasteiger partial charge in [0, 0.05) is 16.9 Å². The minimum Gasteiger partial charge on any atom is -0.454 e. The Morgan fingerprint density at radius 2 is 1.52 bits per heavy atom. The molecule has 0 bridgehead atoms.